The summed E-state index contributed by atoms with van der Waals surface area (Å²) in [5.41, 5.74) is -2.72. The predicted molar refractivity (Wildman–Crippen MR) is 125 cm³/mol. The van der Waals surface area contributed by atoms with Gasteiger partial charge in [0.1, 0.15) is 12.4 Å². The van der Waals surface area contributed by atoms with E-state index < -0.39 is 53.7 Å². The SMILES string of the molecule is O=C(Cc1ccc(C(F)(F)F)cc1C(F)(F)F)N(Cc1nnc(-c2ncc(C3CC3)cn2)o1)c1ccc(F)cc1. The molecular weight excluding hydrogens is 547 g/mol. The molecule has 0 spiro atoms. The van der Waals surface area contributed by atoms with Crippen LogP contribution in [-0.4, -0.2) is 26.1 Å². The second-order valence-electron chi connectivity index (χ2n) is 9.12. The third kappa shape index (κ3) is 6.10. The second kappa shape index (κ2) is 10.3. The van der Waals surface area contributed by atoms with E-state index in [0.29, 0.717) is 18.1 Å². The number of carbonyl (C=O) groups excluding carboxylic acids is 1. The van der Waals surface area contributed by atoms with E-state index in [4.69, 9.17) is 4.42 Å². The Hall–Kier alpha value is -4.36. The standard InChI is InChI=1S/C26H18F7N5O2/c27-18-5-7-19(8-6-18)38(13-21-36-37-24(40-21)23-34-11-16(12-35-23)14-1-2-14)22(39)9-15-3-4-17(25(28,29)30)10-20(15)26(31,32)33/h3-8,10-12,14H,1-2,9,13H2. The summed E-state index contributed by atoms with van der Waals surface area (Å²) >= 11 is 0. The van der Waals surface area contributed by atoms with Crippen LogP contribution in [0.15, 0.2) is 59.3 Å². The molecule has 2 heterocycles. The van der Waals surface area contributed by atoms with Crippen LogP contribution in [0.3, 0.4) is 0 Å². The zero-order chi connectivity index (χ0) is 28.7. The number of anilines is 1. The molecule has 14 heteroatoms. The summed E-state index contributed by atoms with van der Waals surface area (Å²) in [6, 6.07) is 5.53. The summed E-state index contributed by atoms with van der Waals surface area (Å²) in [5, 5.41) is 7.73. The molecule has 2 aromatic carbocycles. The average molecular weight is 565 g/mol. The second-order valence-corrected chi connectivity index (χ2v) is 9.12. The summed E-state index contributed by atoms with van der Waals surface area (Å²) in [6.07, 6.45) is -5.71. The van der Waals surface area contributed by atoms with E-state index in [1.54, 1.807) is 12.4 Å². The van der Waals surface area contributed by atoms with Crippen LogP contribution in [0.4, 0.5) is 36.4 Å². The average Bonchev–Trinajstić information content (AvgIpc) is 3.65. The van der Waals surface area contributed by atoms with E-state index in [2.05, 4.69) is 20.2 Å². The lowest BCUT2D eigenvalue weighted by atomic mass is 10.00. The number of alkyl halides is 6. The topological polar surface area (TPSA) is 85.0 Å². The highest BCUT2D eigenvalue weighted by Crippen LogP contribution is 2.40. The van der Waals surface area contributed by atoms with Gasteiger partial charge in [0.05, 0.1) is 17.5 Å². The lowest BCUT2D eigenvalue weighted by Gasteiger charge is -2.23. The van der Waals surface area contributed by atoms with Gasteiger partial charge in [0.2, 0.25) is 17.6 Å². The van der Waals surface area contributed by atoms with Crippen molar-refractivity contribution in [3.05, 3.63) is 88.8 Å². The van der Waals surface area contributed by atoms with Crippen LogP contribution in [0.5, 0.6) is 0 Å². The molecule has 0 N–H and O–H groups in total. The lowest BCUT2D eigenvalue weighted by Crippen LogP contribution is -2.32. The first-order valence-corrected chi connectivity index (χ1v) is 11.9. The van der Waals surface area contributed by atoms with E-state index in [-0.39, 0.29) is 29.4 Å². The normalized spacial score (nSPS) is 13.9. The van der Waals surface area contributed by atoms with Crippen LogP contribution in [0.2, 0.25) is 0 Å². The Morgan fingerprint density at radius 1 is 0.925 bits per heavy atom. The van der Waals surface area contributed by atoms with Gasteiger partial charge in [0, 0.05) is 18.1 Å². The molecule has 2 aromatic heterocycles. The number of aromatic nitrogens is 4. The van der Waals surface area contributed by atoms with E-state index in [1.807, 2.05) is 0 Å². The number of amides is 1. The molecule has 0 saturated heterocycles. The highest BCUT2D eigenvalue weighted by molar-refractivity contribution is 5.94. The number of hydrogen-bond acceptors (Lipinski definition) is 6. The Labute approximate surface area is 221 Å². The first kappa shape index (κ1) is 27.2. The summed E-state index contributed by atoms with van der Waals surface area (Å²) < 4.78 is 99.2. The van der Waals surface area contributed by atoms with Gasteiger partial charge in [-0.15, -0.1) is 10.2 Å². The van der Waals surface area contributed by atoms with Crippen LogP contribution in [0, 0.1) is 5.82 Å². The van der Waals surface area contributed by atoms with Crippen LogP contribution >= 0.6 is 0 Å². The maximum absolute atomic E-state index is 13.6. The molecule has 0 atom stereocenters. The van der Waals surface area contributed by atoms with Crippen molar-refractivity contribution in [2.24, 2.45) is 0 Å². The van der Waals surface area contributed by atoms with Gasteiger partial charge in [-0.3, -0.25) is 4.79 Å². The molecule has 5 rings (SSSR count). The molecule has 0 bridgehead atoms. The van der Waals surface area contributed by atoms with Crippen molar-refractivity contribution in [2.45, 2.75) is 44.1 Å². The molecule has 4 aromatic rings. The first-order chi connectivity index (χ1) is 18.9. The van der Waals surface area contributed by atoms with Crippen LogP contribution in [0.1, 0.15) is 46.9 Å². The van der Waals surface area contributed by atoms with Crippen molar-refractivity contribution in [1.82, 2.24) is 20.2 Å². The Balaban J connectivity index is 1.42. The predicted octanol–water partition coefficient (Wildman–Crippen LogP) is 6.36. The third-order valence-corrected chi connectivity index (χ3v) is 6.20. The molecule has 1 aliphatic carbocycles. The minimum Gasteiger partial charge on any atom is -0.416 e. The van der Waals surface area contributed by atoms with Crippen molar-refractivity contribution in [3.8, 4) is 11.7 Å². The van der Waals surface area contributed by atoms with Gasteiger partial charge in [0.25, 0.3) is 5.89 Å². The number of carbonyl (C=O) groups is 1. The molecule has 0 radical (unpaired) electrons. The molecular formula is C26H18F7N5O2. The van der Waals surface area contributed by atoms with E-state index >= 15 is 0 Å². The third-order valence-electron chi connectivity index (χ3n) is 6.20. The molecule has 1 amide bonds. The van der Waals surface area contributed by atoms with Crippen molar-refractivity contribution < 1.29 is 39.9 Å². The van der Waals surface area contributed by atoms with Crippen molar-refractivity contribution in [3.63, 3.8) is 0 Å². The Kier molecular flexibility index (Phi) is 7.02. The van der Waals surface area contributed by atoms with Gasteiger partial charge in [-0.2, -0.15) is 26.3 Å². The number of rotatable bonds is 7. The number of hydrogen-bond donors (Lipinski definition) is 0. The summed E-state index contributed by atoms with van der Waals surface area (Å²) in [7, 11) is 0. The van der Waals surface area contributed by atoms with Gasteiger partial charge >= 0.3 is 12.4 Å². The minimum atomic E-state index is -5.16. The number of halogens is 7. The van der Waals surface area contributed by atoms with E-state index in [0.717, 1.165) is 35.4 Å². The molecule has 208 valence electrons. The van der Waals surface area contributed by atoms with Crippen molar-refractivity contribution in [2.75, 3.05) is 4.90 Å². The lowest BCUT2D eigenvalue weighted by molar-refractivity contribution is -0.143. The fourth-order valence-corrected chi connectivity index (χ4v) is 3.99. The monoisotopic (exact) mass is 565 g/mol. The molecule has 1 saturated carbocycles. The van der Waals surface area contributed by atoms with Crippen molar-refractivity contribution >= 4 is 11.6 Å². The fourth-order valence-electron chi connectivity index (χ4n) is 3.99. The minimum absolute atomic E-state index is 0.0381. The Morgan fingerprint density at radius 2 is 1.60 bits per heavy atom. The number of benzene rings is 2. The zero-order valence-electron chi connectivity index (χ0n) is 20.3. The Morgan fingerprint density at radius 3 is 2.20 bits per heavy atom. The summed E-state index contributed by atoms with van der Waals surface area (Å²) in [5.74, 6) is -1.23. The smallest absolute Gasteiger partial charge is 0.416 e. The molecule has 7 nitrogen and oxygen atoms in total. The number of nitrogens with zero attached hydrogens (tertiary/aromatic N) is 5. The maximum atomic E-state index is 13.6. The van der Waals surface area contributed by atoms with Gasteiger partial charge in [-0.1, -0.05) is 6.07 Å². The van der Waals surface area contributed by atoms with Gasteiger partial charge in [-0.05, 0) is 66.3 Å². The van der Waals surface area contributed by atoms with Crippen LogP contribution < -0.4 is 4.90 Å². The summed E-state index contributed by atoms with van der Waals surface area (Å²) in [4.78, 5) is 22.6. The maximum Gasteiger partial charge on any atom is 0.416 e. The van der Waals surface area contributed by atoms with Gasteiger partial charge in [0.15, 0.2) is 0 Å². The quantitative estimate of drug-likeness (QED) is 0.243. The Bertz CT molecular complexity index is 1510. The van der Waals surface area contributed by atoms with Crippen LogP contribution in [-0.2, 0) is 30.1 Å². The molecule has 1 aliphatic rings. The van der Waals surface area contributed by atoms with Gasteiger partial charge in [-0.25, -0.2) is 14.4 Å². The molecule has 1 fully saturated rings. The van der Waals surface area contributed by atoms with Crippen molar-refractivity contribution in [1.29, 1.82) is 0 Å². The highest BCUT2D eigenvalue weighted by Gasteiger charge is 2.38. The fraction of sp³-hybridized carbons (Fsp3) is 0.269. The van der Waals surface area contributed by atoms with E-state index in [9.17, 15) is 35.5 Å². The molecule has 0 unspecified atom stereocenters. The molecule has 0 aliphatic heterocycles. The highest BCUT2D eigenvalue weighted by atomic mass is 19.4. The van der Waals surface area contributed by atoms with Gasteiger partial charge < -0.3 is 9.32 Å². The summed E-state index contributed by atoms with van der Waals surface area (Å²) in [6.45, 7) is -0.431. The molecule has 40 heavy (non-hydrogen) atoms. The zero-order valence-corrected chi connectivity index (χ0v) is 20.3. The first-order valence-electron chi connectivity index (χ1n) is 11.9. The van der Waals surface area contributed by atoms with E-state index in [1.165, 1.54) is 12.1 Å². The largest absolute Gasteiger partial charge is 0.416 e. The van der Waals surface area contributed by atoms with Crippen LogP contribution in [0.25, 0.3) is 11.7 Å².